The van der Waals surface area contributed by atoms with E-state index in [1.807, 2.05) is 30.1 Å². The number of nitrogens with zero attached hydrogens (tertiary/aromatic N) is 1. The van der Waals surface area contributed by atoms with Crippen LogP contribution in [0.25, 0.3) is 0 Å². The van der Waals surface area contributed by atoms with Crippen molar-refractivity contribution in [2.75, 3.05) is 11.5 Å². The molecule has 13 heavy (non-hydrogen) atoms. The first-order valence-electron chi connectivity index (χ1n) is 4.70. The van der Waals surface area contributed by atoms with E-state index >= 15 is 0 Å². The van der Waals surface area contributed by atoms with E-state index in [-0.39, 0.29) is 0 Å². The molecule has 1 heterocycles. The molecule has 2 heteroatoms. The molecular formula is C11H16NS. The third kappa shape index (κ3) is 4.94. The zero-order valence-corrected chi connectivity index (χ0v) is 8.72. The number of unbranched alkanes of at least 4 members (excludes halogenated alkanes) is 1. The minimum absolute atomic E-state index is 1.05. The zero-order valence-electron chi connectivity index (χ0n) is 7.91. The van der Waals surface area contributed by atoms with Crippen molar-refractivity contribution in [2.24, 2.45) is 0 Å². The Morgan fingerprint density at radius 1 is 1.31 bits per heavy atom. The highest BCUT2D eigenvalue weighted by atomic mass is 32.2. The molecule has 0 saturated heterocycles. The molecule has 0 unspecified atom stereocenters. The van der Waals surface area contributed by atoms with E-state index < -0.39 is 0 Å². The molecule has 0 amide bonds. The van der Waals surface area contributed by atoms with Gasteiger partial charge in [-0.3, -0.25) is 4.98 Å². The third-order valence-electron chi connectivity index (χ3n) is 1.77. The van der Waals surface area contributed by atoms with Crippen molar-refractivity contribution in [1.82, 2.24) is 4.98 Å². The SMILES string of the molecule is [CH2]CCCSCCc1ccccn1. The maximum atomic E-state index is 4.27. The fraction of sp³-hybridized carbons (Fsp3) is 0.455. The summed E-state index contributed by atoms with van der Waals surface area (Å²) in [5.41, 5.74) is 1.20. The summed E-state index contributed by atoms with van der Waals surface area (Å²) in [6.07, 6.45) is 5.22. The number of aryl methyl sites for hydroxylation is 1. The van der Waals surface area contributed by atoms with E-state index in [1.54, 1.807) is 0 Å². The van der Waals surface area contributed by atoms with E-state index in [0.717, 1.165) is 12.8 Å². The quantitative estimate of drug-likeness (QED) is 0.646. The Bertz CT molecular complexity index is 211. The fourth-order valence-corrected chi connectivity index (χ4v) is 1.99. The molecule has 0 aliphatic heterocycles. The lowest BCUT2D eigenvalue weighted by Crippen LogP contribution is -1.92. The van der Waals surface area contributed by atoms with Crippen molar-refractivity contribution in [3.8, 4) is 0 Å². The van der Waals surface area contributed by atoms with Gasteiger partial charge >= 0.3 is 0 Å². The molecule has 0 aliphatic rings. The average molecular weight is 194 g/mol. The molecule has 0 aliphatic carbocycles. The molecule has 1 nitrogen and oxygen atoms in total. The Hall–Kier alpha value is -0.500. The zero-order chi connectivity index (χ0) is 9.36. The van der Waals surface area contributed by atoms with Crippen LogP contribution in [0.15, 0.2) is 24.4 Å². The van der Waals surface area contributed by atoms with Gasteiger partial charge in [-0.05, 0) is 36.5 Å². The molecule has 1 rings (SSSR count). The molecule has 1 aromatic heterocycles. The van der Waals surface area contributed by atoms with E-state index in [0.29, 0.717) is 0 Å². The maximum absolute atomic E-state index is 4.27. The highest BCUT2D eigenvalue weighted by molar-refractivity contribution is 7.99. The number of hydrogen-bond donors (Lipinski definition) is 0. The summed E-state index contributed by atoms with van der Waals surface area (Å²) in [4.78, 5) is 4.27. The van der Waals surface area contributed by atoms with Crippen molar-refractivity contribution in [3.63, 3.8) is 0 Å². The summed E-state index contributed by atoms with van der Waals surface area (Å²) in [6, 6.07) is 6.09. The second kappa shape index (κ2) is 6.96. The Morgan fingerprint density at radius 3 is 2.92 bits per heavy atom. The van der Waals surface area contributed by atoms with Gasteiger partial charge in [-0.25, -0.2) is 0 Å². The lowest BCUT2D eigenvalue weighted by atomic mass is 10.3. The smallest absolute Gasteiger partial charge is 0.0411 e. The van der Waals surface area contributed by atoms with Gasteiger partial charge in [-0.15, -0.1) is 0 Å². The van der Waals surface area contributed by atoms with Gasteiger partial charge in [0.15, 0.2) is 0 Å². The second-order valence-corrected chi connectivity index (χ2v) is 4.12. The van der Waals surface area contributed by atoms with E-state index in [2.05, 4.69) is 18.0 Å². The average Bonchev–Trinajstić information content (AvgIpc) is 2.19. The number of hydrogen-bond acceptors (Lipinski definition) is 2. The van der Waals surface area contributed by atoms with Crippen LogP contribution in [-0.2, 0) is 6.42 Å². The Kier molecular flexibility index (Phi) is 5.66. The molecule has 1 aromatic rings. The van der Waals surface area contributed by atoms with Crippen LogP contribution < -0.4 is 0 Å². The number of aromatic nitrogens is 1. The summed E-state index contributed by atoms with van der Waals surface area (Å²) in [5, 5.41) is 0. The van der Waals surface area contributed by atoms with Crippen molar-refractivity contribution in [3.05, 3.63) is 37.0 Å². The molecule has 0 fully saturated rings. The van der Waals surface area contributed by atoms with Gasteiger partial charge in [0.1, 0.15) is 0 Å². The fourth-order valence-electron chi connectivity index (χ4n) is 1.03. The molecule has 1 radical (unpaired) electrons. The van der Waals surface area contributed by atoms with Crippen LogP contribution in [0.4, 0.5) is 0 Å². The van der Waals surface area contributed by atoms with Crippen molar-refractivity contribution in [1.29, 1.82) is 0 Å². The first-order chi connectivity index (χ1) is 6.43. The monoisotopic (exact) mass is 194 g/mol. The van der Waals surface area contributed by atoms with E-state index in [9.17, 15) is 0 Å². The second-order valence-electron chi connectivity index (χ2n) is 2.89. The Morgan fingerprint density at radius 2 is 2.23 bits per heavy atom. The van der Waals surface area contributed by atoms with Crippen molar-refractivity contribution >= 4 is 11.8 Å². The first-order valence-corrected chi connectivity index (χ1v) is 5.86. The highest BCUT2D eigenvalue weighted by Crippen LogP contribution is 2.07. The predicted molar refractivity (Wildman–Crippen MR) is 59.9 cm³/mol. The van der Waals surface area contributed by atoms with Crippen LogP contribution in [0.1, 0.15) is 18.5 Å². The Balaban J connectivity index is 2.07. The largest absolute Gasteiger partial charge is 0.261 e. The predicted octanol–water partition coefficient (Wildman–Crippen LogP) is 2.97. The summed E-state index contributed by atoms with van der Waals surface area (Å²) < 4.78 is 0. The normalized spacial score (nSPS) is 10.2. The first kappa shape index (κ1) is 10.6. The minimum Gasteiger partial charge on any atom is -0.261 e. The number of thioether (sulfide) groups is 1. The van der Waals surface area contributed by atoms with Crippen LogP contribution in [0.3, 0.4) is 0 Å². The summed E-state index contributed by atoms with van der Waals surface area (Å²) in [5.74, 6) is 2.41. The highest BCUT2D eigenvalue weighted by Gasteiger charge is 1.92. The van der Waals surface area contributed by atoms with Gasteiger partial charge in [0.05, 0.1) is 0 Å². The molecule has 0 atom stereocenters. The van der Waals surface area contributed by atoms with Crippen LogP contribution >= 0.6 is 11.8 Å². The molecule has 0 bridgehead atoms. The molecule has 0 spiro atoms. The van der Waals surface area contributed by atoms with Crippen molar-refractivity contribution < 1.29 is 0 Å². The van der Waals surface area contributed by atoms with Gasteiger partial charge in [-0.1, -0.05) is 19.4 Å². The van der Waals surface area contributed by atoms with Gasteiger partial charge in [0.2, 0.25) is 0 Å². The molecule has 0 saturated carbocycles. The third-order valence-corrected chi connectivity index (χ3v) is 2.84. The molecular weight excluding hydrogens is 178 g/mol. The summed E-state index contributed by atoms with van der Waals surface area (Å²) in [7, 11) is 0. The van der Waals surface area contributed by atoms with Gasteiger partial charge in [0, 0.05) is 11.9 Å². The van der Waals surface area contributed by atoms with Gasteiger partial charge in [0.25, 0.3) is 0 Å². The number of pyridine rings is 1. The maximum Gasteiger partial charge on any atom is 0.0411 e. The lowest BCUT2D eigenvalue weighted by molar-refractivity contribution is 0.965. The van der Waals surface area contributed by atoms with Crippen LogP contribution in [0, 0.1) is 6.92 Å². The standard InChI is InChI=1S/C11H16NS/c1-2-3-9-13-10-7-11-6-4-5-8-12-11/h4-6,8H,1-3,7,9-10H2. The van der Waals surface area contributed by atoms with Gasteiger partial charge in [-0.2, -0.15) is 11.8 Å². The van der Waals surface area contributed by atoms with E-state index in [1.165, 1.54) is 23.6 Å². The Labute approximate surface area is 85.0 Å². The van der Waals surface area contributed by atoms with Crippen LogP contribution in [0.2, 0.25) is 0 Å². The summed E-state index contributed by atoms with van der Waals surface area (Å²) >= 11 is 1.99. The molecule has 71 valence electrons. The van der Waals surface area contributed by atoms with Crippen molar-refractivity contribution in [2.45, 2.75) is 19.3 Å². The summed E-state index contributed by atoms with van der Waals surface area (Å²) in [6.45, 7) is 3.82. The topological polar surface area (TPSA) is 12.9 Å². The molecule has 0 aromatic carbocycles. The lowest BCUT2D eigenvalue weighted by Gasteiger charge is -1.99. The van der Waals surface area contributed by atoms with E-state index in [4.69, 9.17) is 0 Å². The molecule has 0 N–H and O–H groups in total. The van der Waals surface area contributed by atoms with Gasteiger partial charge < -0.3 is 0 Å². The number of rotatable bonds is 6. The van der Waals surface area contributed by atoms with Crippen LogP contribution in [0.5, 0.6) is 0 Å². The van der Waals surface area contributed by atoms with Crippen LogP contribution in [-0.4, -0.2) is 16.5 Å². The minimum atomic E-state index is 1.05.